The molecular formula is C22H24N3OS+. The fourth-order valence-corrected chi connectivity index (χ4v) is 4.33. The summed E-state index contributed by atoms with van der Waals surface area (Å²) in [6, 6.07) is 16.6. The minimum atomic E-state index is -0.0148. The van der Waals surface area contributed by atoms with Crippen LogP contribution in [0.2, 0.25) is 0 Å². The standard InChI is InChI=1S/C22H23N3OS/c1-16-6-8-19(9-7-16)23-21(26)12-22-24-20(15-27-22)14-25-11-10-17-4-2-3-5-18(17)13-25/h2-9,15H,10-14H2,1H3,(H,23,26)/p+1. The number of benzene rings is 2. The maximum Gasteiger partial charge on any atom is 0.231 e. The third kappa shape index (κ3) is 4.62. The molecule has 0 fully saturated rings. The van der Waals surface area contributed by atoms with Gasteiger partial charge < -0.3 is 10.2 Å². The van der Waals surface area contributed by atoms with Crippen molar-refractivity contribution >= 4 is 22.9 Å². The fourth-order valence-electron chi connectivity index (χ4n) is 3.54. The number of hydrogen-bond donors (Lipinski definition) is 2. The number of rotatable bonds is 5. The Morgan fingerprint density at radius 3 is 2.74 bits per heavy atom. The average molecular weight is 379 g/mol. The molecule has 2 aromatic carbocycles. The van der Waals surface area contributed by atoms with E-state index in [1.165, 1.54) is 21.6 Å². The Labute approximate surface area is 163 Å². The molecule has 138 valence electrons. The smallest absolute Gasteiger partial charge is 0.231 e. The van der Waals surface area contributed by atoms with Gasteiger partial charge in [-0.1, -0.05) is 42.0 Å². The minimum absolute atomic E-state index is 0.0148. The SMILES string of the molecule is Cc1ccc(NC(=O)Cc2nc(C[NH+]3CCc4ccccc4C3)cs2)cc1. The summed E-state index contributed by atoms with van der Waals surface area (Å²) in [5, 5.41) is 5.92. The summed E-state index contributed by atoms with van der Waals surface area (Å²) in [6.45, 7) is 5.14. The van der Waals surface area contributed by atoms with Gasteiger partial charge in [-0.15, -0.1) is 11.3 Å². The van der Waals surface area contributed by atoms with Crippen LogP contribution in [0.5, 0.6) is 0 Å². The van der Waals surface area contributed by atoms with Gasteiger partial charge in [0.05, 0.1) is 13.0 Å². The van der Waals surface area contributed by atoms with Crippen molar-refractivity contribution in [2.24, 2.45) is 0 Å². The number of hydrogen-bond acceptors (Lipinski definition) is 3. The van der Waals surface area contributed by atoms with Crippen molar-refractivity contribution in [2.75, 3.05) is 11.9 Å². The monoisotopic (exact) mass is 378 g/mol. The van der Waals surface area contributed by atoms with E-state index in [0.29, 0.717) is 6.42 Å². The number of amides is 1. The molecule has 0 spiro atoms. The van der Waals surface area contributed by atoms with E-state index >= 15 is 0 Å². The van der Waals surface area contributed by atoms with Gasteiger partial charge in [0, 0.05) is 23.1 Å². The predicted molar refractivity (Wildman–Crippen MR) is 109 cm³/mol. The van der Waals surface area contributed by atoms with Gasteiger partial charge in [0.25, 0.3) is 0 Å². The zero-order valence-electron chi connectivity index (χ0n) is 15.5. The molecule has 0 aliphatic carbocycles. The van der Waals surface area contributed by atoms with Crippen LogP contribution in [0.1, 0.15) is 27.4 Å². The van der Waals surface area contributed by atoms with Crippen molar-refractivity contribution < 1.29 is 9.69 Å². The maximum atomic E-state index is 12.3. The van der Waals surface area contributed by atoms with Crippen LogP contribution in [0.25, 0.3) is 0 Å². The van der Waals surface area contributed by atoms with E-state index in [2.05, 4.69) is 35.0 Å². The highest BCUT2D eigenvalue weighted by molar-refractivity contribution is 7.09. The second-order valence-corrected chi connectivity index (χ2v) is 8.14. The van der Waals surface area contributed by atoms with Crippen LogP contribution < -0.4 is 10.2 Å². The summed E-state index contributed by atoms with van der Waals surface area (Å²) in [5.41, 5.74) is 6.03. The molecule has 1 aromatic heterocycles. The highest BCUT2D eigenvalue weighted by Gasteiger charge is 2.20. The first-order valence-corrected chi connectivity index (χ1v) is 10.2. The Morgan fingerprint density at radius 1 is 1.15 bits per heavy atom. The van der Waals surface area contributed by atoms with E-state index in [1.54, 1.807) is 11.3 Å². The first kappa shape index (κ1) is 17.9. The van der Waals surface area contributed by atoms with Crippen LogP contribution in [0, 0.1) is 6.92 Å². The van der Waals surface area contributed by atoms with Gasteiger partial charge in [-0.25, -0.2) is 4.98 Å². The number of quaternary nitrogens is 1. The average Bonchev–Trinajstić information content (AvgIpc) is 3.10. The van der Waals surface area contributed by atoms with Gasteiger partial charge in [0.1, 0.15) is 23.8 Å². The summed E-state index contributed by atoms with van der Waals surface area (Å²) < 4.78 is 0. The van der Waals surface area contributed by atoms with Gasteiger partial charge in [0.2, 0.25) is 5.91 Å². The number of fused-ring (bicyclic) bond motifs is 1. The van der Waals surface area contributed by atoms with E-state index in [1.807, 2.05) is 31.2 Å². The molecule has 2 N–H and O–H groups in total. The van der Waals surface area contributed by atoms with Crippen molar-refractivity contribution in [1.82, 2.24) is 4.98 Å². The van der Waals surface area contributed by atoms with Crippen molar-refractivity contribution in [3.05, 3.63) is 81.3 Å². The Hall–Kier alpha value is -2.50. The Bertz CT molecular complexity index is 933. The predicted octanol–water partition coefficient (Wildman–Crippen LogP) is 2.77. The van der Waals surface area contributed by atoms with Crippen molar-refractivity contribution in [1.29, 1.82) is 0 Å². The Morgan fingerprint density at radius 2 is 1.93 bits per heavy atom. The molecule has 4 rings (SSSR count). The second-order valence-electron chi connectivity index (χ2n) is 7.20. The van der Waals surface area contributed by atoms with Crippen LogP contribution in [0.4, 0.5) is 5.69 Å². The normalized spacial score (nSPS) is 16.0. The van der Waals surface area contributed by atoms with Crippen LogP contribution in [-0.2, 0) is 30.7 Å². The fraction of sp³-hybridized carbons (Fsp3) is 0.273. The molecule has 5 heteroatoms. The molecule has 0 bridgehead atoms. The lowest BCUT2D eigenvalue weighted by atomic mass is 10.00. The van der Waals surface area contributed by atoms with E-state index in [4.69, 9.17) is 4.98 Å². The molecule has 1 aliphatic heterocycles. The van der Waals surface area contributed by atoms with E-state index in [0.717, 1.165) is 42.4 Å². The number of aryl methyl sites for hydroxylation is 1. The van der Waals surface area contributed by atoms with Crippen LogP contribution >= 0.6 is 11.3 Å². The third-order valence-corrected chi connectivity index (χ3v) is 5.88. The zero-order valence-corrected chi connectivity index (χ0v) is 16.3. The van der Waals surface area contributed by atoms with Gasteiger partial charge in [-0.05, 0) is 24.6 Å². The number of aromatic nitrogens is 1. The molecule has 0 radical (unpaired) electrons. The lowest BCUT2D eigenvalue weighted by Crippen LogP contribution is -3.10. The number of carbonyl (C=O) groups is 1. The largest absolute Gasteiger partial charge is 0.326 e. The summed E-state index contributed by atoms with van der Waals surface area (Å²) in [7, 11) is 0. The third-order valence-electron chi connectivity index (χ3n) is 4.98. The molecule has 0 saturated heterocycles. The molecule has 4 nitrogen and oxygen atoms in total. The number of carbonyl (C=O) groups excluding carboxylic acids is 1. The van der Waals surface area contributed by atoms with Gasteiger partial charge in [0.15, 0.2) is 0 Å². The molecule has 1 unspecified atom stereocenters. The molecule has 1 atom stereocenters. The highest BCUT2D eigenvalue weighted by Crippen LogP contribution is 2.14. The van der Waals surface area contributed by atoms with Crippen LogP contribution in [0.3, 0.4) is 0 Å². The van der Waals surface area contributed by atoms with E-state index < -0.39 is 0 Å². The number of nitrogens with zero attached hydrogens (tertiary/aromatic N) is 1. The van der Waals surface area contributed by atoms with Crippen molar-refractivity contribution in [3.8, 4) is 0 Å². The van der Waals surface area contributed by atoms with Gasteiger partial charge in [-0.2, -0.15) is 0 Å². The van der Waals surface area contributed by atoms with Crippen molar-refractivity contribution in [3.63, 3.8) is 0 Å². The number of nitrogens with one attached hydrogen (secondary N) is 2. The first-order chi connectivity index (χ1) is 13.2. The van der Waals surface area contributed by atoms with Crippen LogP contribution in [-0.4, -0.2) is 17.4 Å². The molecule has 2 heterocycles. The summed E-state index contributed by atoms with van der Waals surface area (Å²) in [6.07, 6.45) is 1.46. The Kier molecular flexibility index (Phi) is 5.32. The van der Waals surface area contributed by atoms with E-state index in [9.17, 15) is 4.79 Å². The second kappa shape index (κ2) is 8.03. The quantitative estimate of drug-likeness (QED) is 0.717. The summed E-state index contributed by atoms with van der Waals surface area (Å²) in [5.74, 6) is -0.0148. The Balaban J connectivity index is 1.32. The highest BCUT2D eigenvalue weighted by atomic mass is 32.1. The maximum absolute atomic E-state index is 12.3. The summed E-state index contributed by atoms with van der Waals surface area (Å²) in [4.78, 5) is 18.5. The molecular weight excluding hydrogens is 354 g/mol. The van der Waals surface area contributed by atoms with Crippen molar-refractivity contribution in [2.45, 2.75) is 32.9 Å². The molecule has 27 heavy (non-hydrogen) atoms. The molecule has 1 aliphatic rings. The minimum Gasteiger partial charge on any atom is -0.326 e. The topological polar surface area (TPSA) is 46.4 Å². The van der Waals surface area contributed by atoms with Gasteiger partial charge >= 0.3 is 0 Å². The summed E-state index contributed by atoms with van der Waals surface area (Å²) >= 11 is 1.58. The number of anilines is 1. The number of thiazole rings is 1. The lowest BCUT2D eigenvalue weighted by Gasteiger charge is -2.25. The van der Waals surface area contributed by atoms with E-state index in [-0.39, 0.29) is 5.91 Å². The lowest BCUT2D eigenvalue weighted by molar-refractivity contribution is -0.929. The van der Waals surface area contributed by atoms with Crippen LogP contribution in [0.15, 0.2) is 53.9 Å². The molecule has 0 saturated carbocycles. The first-order valence-electron chi connectivity index (χ1n) is 9.36. The molecule has 1 amide bonds. The molecule has 3 aromatic rings. The zero-order chi connectivity index (χ0) is 18.6. The van der Waals surface area contributed by atoms with Gasteiger partial charge in [-0.3, -0.25) is 4.79 Å².